The Labute approximate surface area is 91.3 Å². The lowest BCUT2D eigenvalue weighted by Crippen LogP contribution is -2.25. The lowest BCUT2D eigenvalue weighted by molar-refractivity contribution is 0.233. The molecule has 2 heterocycles. The van der Waals surface area contributed by atoms with Gasteiger partial charge in [0.2, 0.25) is 0 Å². The number of rotatable bonds is 2. The van der Waals surface area contributed by atoms with E-state index >= 15 is 0 Å². The van der Waals surface area contributed by atoms with Crippen molar-refractivity contribution in [3.05, 3.63) is 22.7 Å². The van der Waals surface area contributed by atoms with Gasteiger partial charge in [-0.25, -0.2) is 4.79 Å². The van der Waals surface area contributed by atoms with Gasteiger partial charge in [-0.1, -0.05) is 0 Å². The minimum absolute atomic E-state index is 0.0859. The Kier molecular flexibility index (Phi) is 2.97. The quantitative estimate of drug-likeness (QED) is 0.747. The minimum atomic E-state index is -0.314. The van der Waals surface area contributed by atoms with Crippen molar-refractivity contribution in [1.82, 2.24) is 9.55 Å². The number of thioether (sulfide) groups is 1. The van der Waals surface area contributed by atoms with Gasteiger partial charge in [-0.2, -0.15) is 4.98 Å². The highest BCUT2D eigenvalue weighted by Crippen LogP contribution is 2.38. The molecular formula is C9H13N3O2S. The average molecular weight is 227 g/mol. The second kappa shape index (κ2) is 4.24. The monoisotopic (exact) mass is 227 g/mol. The van der Waals surface area contributed by atoms with Gasteiger partial charge in [0.1, 0.15) is 5.82 Å². The molecule has 1 aliphatic rings. The van der Waals surface area contributed by atoms with Crippen molar-refractivity contribution in [2.75, 3.05) is 18.1 Å². The van der Waals surface area contributed by atoms with E-state index in [9.17, 15) is 4.79 Å². The second-order valence-corrected chi connectivity index (χ2v) is 4.83. The lowest BCUT2D eigenvalue weighted by atomic mass is 10.1. The Morgan fingerprint density at radius 3 is 3.13 bits per heavy atom. The molecule has 0 radical (unpaired) electrons. The smallest absolute Gasteiger partial charge is 0.350 e. The summed E-state index contributed by atoms with van der Waals surface area (Å²) >= 11 is 1.67. The molecule has 2 atom stereocenters. The van der Waals surface area contributed by atoms with Gasteiger partial charge in [0, 0.05) is 18.6 Å². The SMILES string of the molecule is Nc1ccn([C@@H]2C[C@H](CO)CS2)c(=O)n1. The minimum Gasteiger partial charge on any atom is -0.396 e. The van der Waals surface area contributed by atoms with Crippen LogP contribution in [0.5, 0.6) is 0 Å². The maximum absolute atomic E-state index is 11.5. The van der Waals surface area contributed by atoms with Crippen LogP contribution in [0.4, 0.5) is 5.82 Å². The summed E-state index contributed by atoms with van der Waals surface area (Å²) in [5.74, 6) is 1.42. The third-order valence-electron chi connectivity index (χ3n) is 2.48. The zero-order valence-corrected chi connectivity index (χ0v) is 8.98. The van der Waals surface area contributed by atoms with E-state index in [-0.39, 0.29) is 29.4 Å². The van der Waals surface area contributed by atoms with Gasteiger partial charge in [0.05, 0.1) is 5.37 Å². The van der Waals surface area contributed by atoms with Crippen molar-refractivity contribution in [3.63, 3.8) is 0 Å². The zero-order chi connectivity index (χ0) is 10.8. The fraction of sp³-hybridized carbons (Fsp3) is 0.556. The maximum Gasteiger partial charge on any atom is 0.350 e. The molecule has 0 bridgehead atoms. The molecule has 2 rings (SSSR count). The van der Waals surface area contributed by atoms with Crippen LogP contribution in [-0.4, -0.2) is 27.0 Å². The van der Waals surface area contributed by atoms with Gasteiger partial charge < -0.3 is 10.8 Å². The van der Waals surface area contributed by atoms with Crippen LogP contribution in [-0.2, 0) is 0 Å². The molecule has 1 fully saturated rings. The summed E-state index contributed by atoms with van der Waals surface area (Å²) in [6.45, 7) is 0.181. The number of aromatic nitrogens is 2. The highest BCUT2D eigenvalue weighted by atomic mass is 32.2. The summed E-state index contributed by atoms with van der Waals surface area (Å²) in [7, 11) is 0. The fourth-order valence-electron chi connectivity index (χ4n) is 1.63. The van der Waals surface area contributed by atoms with Crippen molar-refractivity contribution < 1.29 is 5.11 Å². The Hall–Kier alpha value is -1.01. The van der Waals surface area contributed by atoms with Crippen molar-refractivity contribution in [1.29, 1.82) is 0 Å². The van der Waals surface area contributed by atoms with Gasteiger partial charge in [-0.3, -0.25) is 4.57 Å². The molecule has 82 valence electrons. The first-order valence-electron chi connectivity index (χ1n) is 4.78. The van der Waals surface area contributed by atoms with Gasteiger partial charge in [0.25, 0.3) is 0 Å². The van der Waals surface area contributed by atoms with E-state index in [1.54, 1.807) is 28.6 Å². The van der Waals surface area contributed by atoms with Gasteiger partial charge in [-0.05, 0) is 18.4 Å². The van der Waals surface area contributed by atoms with Crippen molar-refractivity contribution in [3.8, 4) is 0 Å². The number of nitrogen functional groups attached to an aromatic ring is 1. The molecule has 6 heteroatoms. The van der Waals surface area contributed by atoms with Crippen LogP contribution in [0.15, 0.2) is 17.1 Å². The van der Waals surface area contributed by atoms with E-state index in [1.165, 1.54) is 0 Å². The Bertz CT molecular complexity index is 407. The Balaban J connectivity index is 2.20. The predicted molar refractivity (Wildman–Crippen MR) is 59.6 cm³/mol. The van der Waals surface area contributed by atoms with Crippen LogP contribution in [0.2, 0.25) is 0 Å². The molecule has 0 saturated carbocycles. The van der Waals surface area contributed by atoms with Crippen LogP contribution >= 0.6 is 11.8 Å². The van der Waals surface area contributed by atoms with Gasteiger partial charge >= 0.3 is 5.69 Å². The topological polar surface area (TPSA) is 81.1 Å². The number of nitrogens with two attached hydrogens (primary N) is 1. The summed E-state index contributed by atoms with van der Waals surface area (Å²) in [6, 6.07) is 1.62. The number of hydrogen-bond acceptors (Lipinski definition) is 5. The largest absolute Gasteiger partial charge is 0.396 e. The van der Waals surface area contributed by atoms with Crippen molar-refractivity contribution >= 4 is 17.6 Å². The van der Waals surface area contributed by atoms with Crippen LogP contribution in [0.25, 0.3) is 0 Å². The Morgan fingerprint density at radius 1 is 1.73 bits per heavy atom. The molecule has 0 aliphatic carbocycles. The van der Waals surface area contributed by atoms with E-state index in [1.807, 2.05) is 0 Å². The van der Waals surface area contributed by atoms with Crippen LogP contribution < -0.4 is 11.4 Å². The first-order chi connectivity index (χ1) is 7.20. The van der Waals surface area contributed by atoms with Crippen molar-refractivity contribution in [2.24, 2.45) is 5.92 Å². The molecule has 1 saturated heterocycles. The van der Waals surface area contributed by atoms with E-state index < -0.39 is 0 Å². The fourth-order valence-corrected chi connectivity index (χ4v) is 3.10. The van der Waals surface area contributed by atoms with E-state index in [0.29, 0.717) is 0 Å². The molecule has 0 amide bonds. The third-order valence-corrected chi connectivity index (χ3v) is 3.95. The number of nitrogens with zero attached hydrogens (tertiary/aromatic N) is 2. The first-order valence-corrected chi connectivity index (χ1v) is 5.82. The number of aliphatic hydroxyl groups excluding tert-OH is 1. The van der Waals surface area contributed by atoms with E-state index in [0.717, 1.165) is 12.2 Å². The van der Waals surface area contributed by atoms with E-state index in [4.69, 9.17) is 10.8 Å². The molecule has 1 aromatic rings. The summed E-state index contributed by atoms with van der Waals surface area (Å²) in [5, 5.41) is 9.09. The number of aliphatic hydroxyl groups is 1. The first kappa shape index (κ1) is 10.5. The summed E-state index contributed by atoms with van der Waals surface area (Å²) < 4.78 is 1.58. The van der Waals surface area contributed by atoms with Gasteiger partial charge in [-0.15, -0.1) is 11.8 Å². The molecule has 3 N–H and O–H groups in total. The summed E-state index contributed by atoms with van der Waals surface area (Å²) in [4.78, 5) is 15.2. The molecule has 15 heavy (non-hydrogen) atoms. The molecule has 0 aromatic carbocycles. The Morgan fingerprint density at radius 2 is 2.53 bits per heavy atom. The highest BCUT2D eigenvalue weighted by Gasteiger charge is 2.26. The highest BCUT2D eigenvalue weighted by molar-refractivity contribution is 7.99. The van der Waals surface area contributed by atoms with Gasteiger partial charge in [0.15, 0.2) is 0 Å². The van der Waals surface area contributed by atoms with E-state index in [2.05, 4.69) is 4.98 Å². The summed E-state index contributed by atoms with van der Waals surface area (Å²) in [5.41, 5.74) is 5.09. The molecule has 5 nitrogen and oxygen atoms in total. The molecule has 0 unspecified atom stereocenters. The zero-order valence-electron chi connectivity index (χ0n) is 8.17. The maximum atomic E-state index is 11.5. The normalized spacial score (nSPS) is 25.7. The third kappa shape index (κ3) is 2.15. The summed E-state index contributed by atoms with van der Waals surface area (Å²) in [6.07, 6.45) is 2.48. The average Bonchev–Trinajstić information content (AvgIpc) is 2.66. The second-order valence-electron chi connectivity index (χ2n) is 3.61. The molecule has 1 aromatic heterocycles. The number of anilines is 1. The molecule has 0 spiro atoms. The lowest BCUT2D eigenvalue weighted by Gasteiger charge is -2.12. The molecular weight excluding hydrogens is 214 g/mol. The number of hydrogen-bond donors (Lipinski definition) is 2. The predicted octanol–water partition coefficient (Wildman–Crippen LogP) is 0.0695. The van der Waals surface area contributed by atoms with Crippen molar-refractivity contribution in [2.45, 2.75) is 11.8 Å². The molecule has 1 aliphatic heterocycles. The van der Waals surface area contributed by atoms with Crippen LogP contribution in [0.1, 0.15) is 11.8 Å². The van der Waals surface area contributed by atoms with Crippen LogP contribution in [0, 0.1) is 5.92 Å². The van der Waals surface area contributed by atoms with Crippen LogP contribution in [0.3, 0.4) is 0 Å². The standard InChI is InChI=1S/C9H13N3O2S/c10-7-1-2-12(9(14)11-7)8-3-6(4-13)5-15-8/h1-2,6,8,13H,3-5H2,(H2,10,11,14)/t6-,8+/m1/s1.